The lowest BCUT2D eigenvalue weighted by Gasteiger charge is -1.93. The molecule has 0 aliphatic heterocycles. The maximum absolute atomic E-state index is 6.63. The van der Waals surface area contributed by atoms with E-state index in [0.717, 1.165) is 10.7 Å². The zero-order valence-corrected chi connectivity index (χ0v) is 6.93. The van der Waals surface area contributed by atoms with Crippen molar-refractivity contribution in [3.63, 3.8) is 0 Å². The molecular weight excluding hydrogens is 158 g/mol. The number of aromatic nitrogens is 2. The first-order valence-corrected chi connectivity index (χ1v) is 4.27. The molecule has 0 amide bonds. The Labute approximate surface area is 69.7 Å². The molecule has 4 heteroatoms. The Kier molecular flexibility index (Phi) is 2.87. The minimum absolute atomic E-state index is 0.343. The second-order valence-corrected chi connectivity index (χ2v) is 2.69. The van der Waals surface area contributed by atoms with Crippen LogP contribution in [0.1, 0.15) is 5.69 Å². The van der Waals surface area contributed by atoms with Crippen molar-refractivity contribution in [1.82, 2.24) is 9.97 Å². The minimum Gasteiger partial charge on any atom is -0.310 e. The summed E-state index contributed by atoms with van der Waals surface area (Å²) in [5.41, 5.74) is 0.791. The first-order valence-electron chi connectivity index (χ1n) is 3.05. The molecule has 0 aliphatic carbocycles. The van der Waals surface area contributed by atoms with Crippen LogP contribution in [0, 0.1) is 6.57 Å². The van der Waals surface area contributed by atoms with E-state index >= 15 is 0 Å². The first kappa shape index (κ1) is 8.02. The average molecular weight is 165 g/mol. The van der Waals surface area contributed by atoms with Crippen LogP contribution in [0.3, 0.4) is 0 Å². The van der Waals surface area contributed by atoms with Crippen LogP contribution in [-0.2, 0) is 6.54 Å². The van der Waals surface area contributed by atoms with Gasteiger partial charge in [-0.15, -0.1) is 11.8 Å². The normalized spacial score (nSPS) is 9.09. The van der Waals surface area contributed by atoms with Crippen molar-refractivity contribution in [3.05, 3.63) is 29.5 Å². The van der Waals surface area contributed by atoms with Crippen LogP contribution in [0.25, 0.3) is 4.85 Å². The van der Waals surface area contributed by atoms with E-state index in [9.17, 15) is 0 Å². The summed E-state index contributed by atoms with van der Waals surface area (Å²) in [5.74, 6) is 0. The topological polar surface area (TPSA) is 30.1 Å². The molecule has 0 aliphatic rings. The summed E-state index contributed by atoms with van der Waals surface area (Å²) in [6, 6.07) is 1.84. The van der Waals surface area contributed by atoms with Crippen LogP contribution in [-0.4, -0.2) is 16.2 Å². The van der Waals surface area contributed by atoms with Crippen LogP contribution in [0.2, 0.25) is 0 Å². The van der Waals surface area contributed by atoms with Gasteiger partial charge in [0, 0.05) is 0 Å². The molecule has 56 valence electrons. The third-order valence-corrected chi connectivity index (χ3v) is 1.79. The van der Waals surface area contributed by atoms with Crippen LogP contribution < -0.4 is 0 Å². The van der Waals surface area contributed by atoms with Crippen molar-refractivity contribution in [2.45, 2.75) is 11.6 Å². The van der Waals surface area contributed by atoms with E-state index in [0.29, 0.717) is 6.54 Å². The van der Waals surface area contributed by atoms with Crippen molar-refractivity contribution >= 4 is 11.8 Å². The highest BCUT2D eigenvalue weighted by atomic mass is 32.2. The summed E-state index contributed by atoms with van der Waals surface area (Å²) in [5, 5.41) is 0.915. The molecule has 0 unspecified atom stereocenters. The summed E-state index contributed by atoms with van der Waals surface area (Å²) in [4.78, 5) is 11.2. The largest absolute Gasteiger partial charge is 0.310 e. The summed E-state index contributed by atoms with van der Waals surface area (Å²) >= 11 is 1.55. The quantitative estimate of drug-likeness (QED) is 0.379. The molecule has 0 spiro atoms. The van der Waals surface area contributed by atoms with E-state index in [1.54, 1.807) is 11.8 Å². The Morgan fingerprint density at radius 3 is 3.09 bits per heavy atom. The van der Waals surface area contributed by atoms with E-state index in [4.69, 9.17) is 6.57 Å². The third-order valence-electron chi connectivity index (χ3n) is 1.15. The molecule has 3 nitrogen and oxygen atoms in total. The molecule has 1 rings (SSSR count). The van der Waals surface area contributed by atoms with E-state index in [2.05, 4.69) is 14.8 Å². The number of hydrogen-bond acceptors (Lipinski definition) is 3. The molecule has 0 N–H and O–H groups in total. The molecule has 0 saturated heterocycles. The number of thioether (sulfide) groups is 1. The Hall–Kier alpha value is -1.08. The van der Waals surface area contributed by atoms with Gasteiger partial charge in [0.1, 0.15) is 12.0 Å². The molecule has 11 heavy (non-hydrogen) atoms. The predicted molar refractivity (Wildman–Crippen MR) is 44.1 cm³/mol. The smallest absolute Gasteiger partial charge is 0.256 e. The maximum atomic E-state index is 6.63. The fraction of sp³-hybridized carbons (Fsp3) is 0.286. The number of hydrogen-bond donors (Lipinski definition) is 0. The summed E-state index contributed by atoms with van der Waals surface area (Å²) in [6.45, 7) is 6.97. The van der Waals surface area contributed by atoms with Gasteiger partial charge in [-0.3, -0.25) is 0 Å². The van der Waals surface area contributed by atoms with Gasteiger partial charge in [0.05, 0.1) is 5.03 Å². The van der Waals surface area contributed by atoms with Crippen LogP contribution in [0.4, 0.5) is 0 Å². The van der Waals surface area contributed by atoms with Gasteiger partial charge >= 0.3 is 0 Å². The van der Waals surface area contributed by atoms with Crippen LogP contribution in [0.15, 0.2) is 17.4 Å². The minimum atomic E-state index is 0.343. The monoisotopic (exact) mass is 165 g/mol. The fourth-order valence-corrected chi connectivity index (χ4v) is 1.06. The second-order valence-electron chi connectivity index (χ2n) is 1.87. The van der Waals surface area contributed by atoms with E-state index < -0.39 is 0 Å². The standard InChI is InChI=1S/C7H7N3S/c1-8-4-6-3-7(11-2)10-5-9-6/h3,5H,4H2,2H3. The Morgan fingerprint density at radius 1 is 1.64 bits per heavy atom. The summed E-state index contributed by atoms with van der Waals surface area (Å²) in [6.07, 6.45) is 3.44. The number of nitrogens with zero attached hydrogens (tertiary/aromatic N) is 3. The van der Waals surface area contributed by atoms with Gasteiger partial charge in [0.2, 0.25) is 0 Å². The van der Waals surface area contributed by atoms with Crippen molar-refractivity contribution in [1.29, 1.82) is 0 Å². The lowest BCUT2D eigenvalue weighted by molar-refractivity contribution is 0.976. The maximum Gasteiger partial charge on any atom is 0.256 e. The highest BCUT2D eigenvalue weighted by Crippen LogP contribution is 2.10. The fourth-order valence-electron chi connectivity index (χ4n) is 0.656. The van der Waals surface area contributed by atoms with Gasteiger partial charge < -0.3 is 4.85 Å². The molecule has 0 atom stereocenters. The predicted octanol–water partition coefficient (Wildman–Crippen LogP) is 1.62. The van der Waals surface area contributed by atoms with Gasteiger partial charge in [-0.2, -0.15) is 0 Å². The molecule has 1 aromatic heterocycles. The molecule has 0 aromatic carbocycles. The molecule has 1 aromatic rings. The summed E-state index contributed by atoms with van der Waals surface area (Å²) < 4.78 is 0. The van der Waals surface area contributed by atoms with E-state index in [1.165, 1.54) is 6.33 Å². The van der Waals surface area contributed by atoms with Crippen molar-refractivity contribution in [2.75, 3.05) is 6.26 Å². The Balaban J connectivity index is 2.84. The molecule has 0 fully saturated rings. The highest BCUT2D eigenvalue weighted by molar-refractivity contribution is 7.98. The van der Waals surface area contributed by atoms with Crippen LogP contribution >= 0.6 is 11.8 Å². The average Bonchev–Trinajstić information content (AvgIpc) is 2.06. The summed E-state index contributed by atoms with van der Waals surface area (Å²) in [7, 11) is 0. The third kappa shape index (κ3) is 2.20. The zero-order chi connectivity index (χ0) is 8.10. The van der Waals surface area contributed by atoms with E-state index in [1.807, 2.05) is 12.3 Å². The van der Waals surface area contributed by atoms with Gasteiger partial charge in [-0.25, -0.2) is 16.5 Å². The van der Waals surface area contributed by atoms with Gasteiger partial charge in [-0.05, 0) is 12.3 Å². The molecular formula is C7H7N3S. The molecule has 0 bridgehead atoms. The number of rotatable bonds is 2. The first-order chi connectivity index (χ1) is 5.36. The van der Waals surface area contributed by atoms with Crippen molar-refractivity contribution in [3.8, 4) is 0 Å². The molecule has 0 saturated carbocycles. The van der Waals surface area contributed by atoms with Crippen molar-refractivity contribution < 1.29 is 0 Å². The van der Waals surface area contributed by atoms with Gasteiger partial charge in [0.25, 0.3) is 6.54 Å². The molecule has 0 radical (unpaired) electrons. The lowest BCUT2D eigenvalue weighted by Crippen LogP contribution is -1.88. The zero-order valence-electron chi connectivity index (χ0n) is 6.11. The second kappa shape index (κ2) is 3.94. The Morgan fingerprint density at radius 2 is 2.45 bits per heavy atom. The highest BCUT2D eigenvalue weighted by Gasteiger charge is 1.98. The molecule has 1 heterocycles. The Bertz CT molecular complexity index is 279. The van der Waals surface area contributed by atoms with Crippen molar-refractivity contribution in [2.24, 2.45) is 0 Å². The SMILES string of the molecule is [C-]#[N+]Cc1cc(SC)ncn1. The lowest BCUT2D eigenvalue weighted by atomic mass is 10.4. The van der Waals surface area contributed by atoms with Gasteiger partial charge in [0.15, 0.2) is 0 Å². The van der Waals surface area contributed by atoms with E-state index in [-0.39, 0.29) is 0 Å². The van der Waals surface area contributed by atoms with Crippen LogP contribution in [0.5, 0.6) is 0 Å². The van der Waals surface area contributed by atoms with Gasteiger partial charge in [-0.1, -0.05) is 0 Å².